The SMILES string of the molecule is CC(C)Cc1nc2cccnc2n1-c1cccs1. The topological polar surface area (TPSA) is 30.7 Å². The first-order valence-electron chi connectivity index (χ1n) is 6.12. The Morgan fingerprint density at radius 2 is 2.17 bits per heavy atom. The third kappa shape index (κ3) is 1.93. The van der Waals surface area contributed by atoms with E-state index in [9.17, 15) is 0 Å². The third-order valence-electron chi connectivity index (χ3n) is 2.80. The molecule has 3 heterocycles. The van der Waals surface area contributed by atoms with Gasteiger partial charge < -0.3 is 0 Å². The van der Waals surface area contributed by atoms with Crippen molar-refractivity contribution in [3.8, 4) is 5.00 Å². The molecule has 0 radical (unpaired) electrons. The lowest BCUT2D eigenvalue weighted by atomic mass is 10.1. The van der Waals surface area contributed by atoms with Crippen LogP contribution in [-0.4, -0.2) is 14.5 Å². The van der Waals surface area contributed by atoms with E-state index < -0.39 is 0 Å². The van der Waals surface area contributed by atoms with E-state index in [4.69, 9.17) is 4.98 Å². The van der Waals surface area contributed by atoms with Crippen LogP contribution in [0.25, 0.3) is 16.2 Å². The molecule has 0 aromatic carbocycles. The molecule has 0 aliphatic carbocycles. The van der Waals surface area contributed by atoms with Crippen LogP contribution in [-0.2, 0) is 6.42 Å². The van der Waals surface area contributed by atoms with E-state index in [1.807, 2.05) is 18.3 Å². The molecule has 0 fully saturated rings. The van der Waals surface area contributed by atoms with Crippen LogP contribution in [0.5, 0.6) is 0 Å². The summed E-state index contributed by atoms with van der Waals surface area (Å²) >= 11 is 1.72. The molecule has 0 unspecified atom stereocenters. The molecule has 0 aliphatic heterocycles. The lowest BCUT2D eigenvalue weighted by Crippen LogP contribution is -2.04. The van der Waals surface area contributed by atoms with Crippen LogP contribution >= 0.6 is 11.3 Å². The number of aromatic nitrogens is 3. The molecule has 0 aliphatic rings. The van der Waals surface area contributed by atoms with E-state index in [0.29, 0.717) is 5.92 Å². The zero-order chi connectivity index (χ0) is 12.5. The van der Waals surface area contributed by atoms with Gasteiger partial charge in [0.05, 0.1) is 0 Å². The van der Waals surface area contributed by atoms with Gasteiger partial charge in [-0.05, 0) is 35.6 Å². The fraction of sp³-hybridized carbons (Fsp3) is 0.286. The monoisotopic (exact) mass is 257 g/mol. The second-order valence-corrected chi connectivity index (χ2v) is 5.68. The van der Waals surface area contributed by atoms with Gasteiger partial charge in [0.15, 0.2) is 5.65 Å². The highest BCUT2D eigenvalue weighted by Crippen LogP contribution is 2.24. The molecule has 4 heteroatoms. The number of nitrogens with zero attached hydrogens (tertiary/aromatic N) is 3. The summed E-state index contributed by atoms with van der Waals surface area (Å²) in [6.07, 6.45) is 2.79. The highest BCUT2D eigenvalue weighted by atomic mass is 32.1. The van der Waals surface area contributed by atoms with Crippen LogP contribution in [0.15, 0.2) is 35.8 Å². The van der Waals surface area contributed by atoms with Gasteiger partial charge in [0.1, 0.15) is 16.3 Å². The van der Waals surface area contributed by atoms with Crippen LogP contribution in [0.2, 0.25) is 0 Å². The van der Waals surface area contributed by atoms with Crippen molar-refractivity contribution in [2.75, 3.05) is 0 Å². The average Bonchev–Trinajstić information content (AvgIpc) is 2.93. The summed E-state index contributed by atoms with van der Waals surface area (Å²) in [6, 6.07) is 8.14. The summed E-state index contributed by atoms with van der Waals surface area (Å²) in [5.74, 6) is 1.68. The van der Waals surface area contributed by atoms with Crippen LogP contribution < -0.4 is 0 Å². The molecule has 0 N–H and O–H groups in total. The average molecular weight is 257 g/mol. The van der Waals surface area contributed by atoms with Crippen molar-refractivity contribution in [3.63, 3.8) is 0 Å². The van der Waals surface area contributed by atoms with Gasteiger partial charge in [-0.25, -0.2) is 9.97 Å². The summed E-state index contributed by atoms with van der Waals surface area (Å²) in [4.78, 5) is 9.19. The molecule has 0 saturated heterocycles. The predicted molar refractivity (Wildman–Crippen MR) is 75.3 cm³/mol. The lowest BCUT2D eigenvalue weighted by molar-refractivity contribution is 0.617. The molecule has 3 rings (SSSR count). The van der Waals surface area contributed by atoms with E-state index in [-0.39, 0.29) is 0 Å². The second-order valence-electron chi connectivity index (χ2n) is 4.76. The van der Waals surface area contributed by atoms with E-state index in [1.54, 1.807) is 11.3 Å². The van der Waals surface area contributed by atoms with Gasteiger partial charge in [0.25, 0.3) is 0 Å². The molecular weight excluding hydrogens is 242 g/mol. The summed E-state index contributed by atoms with van der Waals surface area (Å²) < 4.78 is 2.18. The van der Waals surface area contributed by atoms with E-state index >= 15 is 0 Å². The summed E-state index contributed by atoms with van der Waals surface area (Å²) in [7, 11) is 0. The van der Waals surface area contributed by atoms with Crippen molar-refractivity contribution < 1.29 is 0 Å². The summed E-state index contributed by atoms with van der Waals surface area (Å²) in [6.45, 7) is 4.43. The zero-order valence-corrected chi connectivity index (χ0v) is 11.3. The Hall–Kier alpha value is -1.68. The second kappa shape index (κ2) is 4.53. The number of thiophene rings is 1. The Labute approximate surface area is 110 Å². The highest BCUT2D eigenvalue weighted by Gasteiger charge is 2.14. The Kier molecular flexibility index (Phi) is 2.88. The first kappa shape index (κ1) is 11.4. The van der Waals surface area contributed by atoms with E-state index in [2.05, 4.69) is 40.9 Å². The minimum absolute atomic E-state index is 0.584. The van der Waals surface area contributed by atoms with Gasteiger partial charge in [-0.15, -0.1) is 11.3 Å². The number of hydrogen-bond donors (Lipinski definition) is 0. The minimum Gasteiger partial charge on any atom is -0.271 e. The van der Waals surface area contributed by atoms with Gasteiger partial charge in [0, 0.05) is 12.6 Å². The van der Waals surface area contributed by atoms with Crippen molar-refractivity contribution in [2.45, 2.75) is 20.3 Å². The summed E-state index contributed by atoms with van der Waals surface area (Å²) in [5, 5.41) is 3.27. The van der Waals surface area contributed by atoms with Crippen molar-refractivity contribution >= 4 is 22.5 Å². The van der Waals surface area contributed by atoms with Gasteiger partial charge in [-0.1, -0.05) is 13.8 Å². The normalized spacial score (nSPS) is 11.5. The number of fused-ring (bicyclic) bond motifs is 1. The fourth-order valence-corrected chi connectivity index (χ4v) is 2.84. The molecule has 3 aromatic heterocycles. The summed E-state index contributed by atoms with van der Waals surface area (Å²) in [5.41, 5.74) is 1.93. The quantitative estimate of drug-likeness (QED) is 0.716. The molecule has 18 heavy (non-hydrogen) atoms. The third-order valence-corrected chi connectivity index (χ3v) is 3.66. The first-order valence-corrected chi connectivity index (χ1v) is 7.00. The first-order chi connectivity index (χ1) is 8.75. The highest BCUT2D eigenvalue weighted by molar-refractivity contribution is 7.12. The number of pyridine rings is 1. The van der Waals surface area contributed by atoms with Crippen molar-refractivity contribution in [3.05, 3.63) is 41.7 Å². The van der Waals surface area contributed by atoms with Crippen LogP contribution in [0.3, 0.4) is 0 Å². The Morgan fingerprint density at radius 1 is 1.28 bits per heavy atom. The lowest BCUT2D eigenvalue weighted by Gasteiger charge is -2.07. The smallest absolute Gasteiger partial charge is 0.165 e. The van der Waals surface area contributed by atoms with Gasteiger partial charge in [-0.2, -0.15) is 0 Å². The van der Waals surface area contributed by atoms with Crippen LogP contribution in [0.4, 0.5) is 0 Å². The van der Waals surface area contributed by atoms with Gasteiger partial charge in [0.2, 0.25) is 0 Å². The molecule has 0 amide bonds. The maximum absolute atomic E-state index is 4.72. The maximum atomic E-state index is 4.72. The van der Waals surface area contributed by atoms with Crippen molar-refractivity contribution in [2.24, 2.45) is 5.92 Å². The molecule has 0 spiro atoms. The molecule has 3 aromatic rings. The molecule has 92 valence electrons. The number of rotatable bonds is 3. The Balaban J connectivity index is 2.24. The largest absolute Gasteiger partial charge is 0.271 e. The Bertz CT molecular complexity index is 653. The van der Waals surface area contributed by atoms with E-state index in [0.717, 1.165) is 23.4 Å². The standard InChI is InChI=1S/C14H15N3S/c1-10(2)9-12-16-11-5-3-7-15-14(11)17(12)13-6-4-8-18-13/h3-8,10H,9H2,1-2H3. The van der Waals surface area contributed by atoms with Gasteiger partial charge >= 0.3 is 0 Å². The van der Waals surface area contributed by atoms with Crippen molar-refractivity contribution in [1.82, 2.24) is 14.5 Å². The molecule has 0 bridgehead atoms. The molecule has 0 atom stereocenters. The Morgan fingerprint density at radius 3 is 2.89 bits per heavy atom. The predicted octanol–water partition coefficient (Wildman–Crippen LogP) is 3.68. The molecular formula is C14H15N3S. The van der Waals surface area contributed by atoms with Gasteiger partial charge in [-0.3, -0.25) is 4.57 Å². The van der Waals surface area contributed by atoms with Crippen LogP contribution in [0.1, 0.15) is 19.7 Å². The zero-order valence-electron chi connectivity index (χ0n) is 10.5. The maximum Gasteiger partial charge on any atom is 0.165 e. The number of hydrogen-bond acceptors (Lipinski definition) is 3. The molecule has 3 nitrogen and oxygen atoms in total. The van der Waals surface area contributed by atoms with E-state index in [1.165, 1.54) is 5.00 Å². The minimum atomic E-state index is 0.584. The fourth-order valence-electron chi connectivity index (χ4n) is 2.09. The number of imidazole rings is 1. The molecule has 0 saturated carbocycles. The van der Waals surface area contributed by atoms with Crippen molar-refractivity contribution in [1.29, 1.82) is 0 Å². The van der Waals surface area contributed by atoms with Crippen LogP contribution in [0, 0.1) is 5.92 Å².